The van der Waals surface area contributed by atoms with Crippen molar-refractivity contribution in [1.29, 1.82) is 0 Å². The third-order valence-corrected chi connectivity index (χ3v) is 6.02. The van der Waals surface area contributed by atoms with Crippen LogP contribution >= 0.6 is 35.3 Å². The standard InChI is InChI=1S/C20H35N5O2S.HI/c1-6-21-20(22-10-9-18(26)25-11-7-8-15(2)12-25)24(4)13-17-14-28-19(23-17)16(3)27-5;/h14-16H,6-13H2,1-5H3,(H,21,22);1H. The summed E-state index contributed by atoms with van der Waals surface area (Å²) in [5.74, 6) is 1.62. The van der Waals surface area contributed by atoms with E-state index in [0.29, 0.717) is 25.4 Å². The maximum Gasteiger partial charge on any atom is 0.224 e. The number of aliphatic imine (C=N–C) groups is 1. The van der Waals surface area contributed by atoms with Crippen LogP contribution in [-0.4, -0.2) is 67.0 Å². The van der Waals surface area contributed by atoms with Crippen LogP contribution in [0.3, 0.4) is 0 Å². The molecule has 2 atom stereocenters. The van der Waals surface area contributed by atoms with Crippen molar-refractivity contribution < 1.29 is 9.53 Å². The molecule has 2 unspecified atom stereocenters. The number of nitrogens with one attached hydrogen (secondary N) is 1. The van der Waals surface area contributed by atoms with Gasteiger partial charge in [0, 0.05) is 45.6 Å². The maximum atomic E-state index is 12.4. The molecule has 1 aliphatic heterocycles. The highest BCUT2D eigenvalue weighted by Crippen LogP contribution is 2.21. The molecule has 0 saturated carbocycles. The number of aromatic nitrogens is 1. The van der Waals surface area contributed by atoms with Crippen molar-refractivity contribution in [2.24, 2.45) is 10.9 Å². The number of likely N-dealkylation sites (tertiary alicyclic amines) is 1. The summed E-state index contributed by atoms with van der Waals surface area (Å²) in [6, 6.07) is 0. The summed E-state index contributed by atoms with van der Waals surface area (Å²) in [6.07, 6.45) is 2.80. The molecule has 1 aromatic heterocycles. The van der Waals surface area contributed by atoms with E-state index in [1.54, 1.807) is 18.4 Å². The van der Waals surface area contributed by atoms with Gasteiger partial charge in [-0.15, -0.1) is 35.3 Å². The van der Waals surface area contributed by atoms with Crippen molar-refractivity contribution >= 4 is 47.2 Å². The number of amides is 1. The van der Waals surface area contributed by atoms with Crippen LogP contribution in [0.5, 0.6) is 0 Å². The van der Waals surface area contributed by atoms with Crippen molar-refractivity contribution in [2.45, 2.75) is 52.7 Å². The second-order valence-corrected chi connectivity index (χ2v) is 8.37. The predicted molar refractivity (Wildman–Crippen MR) is 130 cm³/mol. The molecule has 0 bridgehead atoms. The minimum atomic E-state index is 0. The number of halogens is 1. The molecule has 7 nitrogen and oxygen atoms in total. The SMILES string of the molecule is CCNC(=NCCC(=O)N1CCCC(C)C1)N(C)Cc1csc(C(C)OC)n1.I. The van der Waals surface area contributed by atoms with E-state index in [0.717, 1.165) is 42.7 Å². The first kappa shape index (κ1) is 26.1. The Hall–Kier alpha value is -0.940. The molecule has 1 aliphatic rings. The minimum absolute atomic E-state index is 0. The first-order valence-electron chi connectivity index (χ1n) is 10.2. The minimum Gasteiger partial charge on any atom is -0.375 e. The Morgan fingerprint density at radius 3 is 2.97 bits per heavy atom. The normalized spacial score (nSPS) is 18.2. The molecule has 0 aromatic carbocycles. The predicted octanol–water partition coefficient (Wildman–Crippen LogP) is 3.51. The van der Waals surface area contributed by atoms with Gasteiger partial charge in [-0.05, 0) is 32.6 Å². The van der Waals surface area contributed by atoms with E-state index >= 15 is 0 Å². The van der Waals surface area contributed by atoms with Crippen molar-refractivity contribution in [3.63, 3.8) is 0 Å². The first-order chi connectivity index (χ1) is 13.4. The largest absolute Gasteiger partial charge is 0.375 e. The van der Waals surface area contributed by atoms with Crippen LogP contribution in [0.2, 0.25) is 0 Å². The molecule has 166 valence electrons. The zero-order valence-electron chi connectivity index (χ0n) is 18.3. The molecule has 2 rings (SSSR count). The summed E-state index contributed by atoms with van der Waals surface area (Å²) in [5.41, 5.74) is 0.996. The molecule has 9 heteroatoms. The molecule has 1 amide bonds. The summed E-state index contributed by atoms with van der Waals surface area (Å²) < 4.78 is 5.33. The second-order valence-electron chi connectivity index (χ2n) is 7.48. The number of guanidine groups is 1. The van der Waals surface area contributed by atoms with Crippen LogP contribution in [0.1, 0.15) is 56.8 Å². The Morgan fingerprint density at radius 1 is 1.55 bits per heavy atom. The molecular formula is C20H36IN5O2S. The van der Waals surface area contributed by atoms with E-state index in [1.165, 1.54) is 6.42 Å². The molecule has 1 N–H and O–H groups in total. The van der Waals surface area contributed by atoms with E-state index in [-0.39, 0.29) is 36.0 Å². The lowest BCUT2D eigenvalue weighted by Gasteiger charge is -2.31. The fraction of sp³-hybridized carbons (Fsp3) is 0.750. The van der Waals surface area contributed by atoms with Crippen LogP contribution < -0.4 is 5.32 Å². The topological polar surface area (TPSA) is 70.1 Å². The van der Waals surface area contributed by atoms with Gasteiger partial charge in [0.15, 0.2) is 5.96 Å². The van der Waals surface area contributed by atoms with Crippen LogP contribution in [0.4, 0.5) is 0 Å². The number of ether oxygens (including phenoxy) is 1. The van der Waals surface area contributed by atoms with E-state index < -0.39 is 0 Å². The number of carbonyl (C=O) groups excluding carboxylic acids is 1. The molecule has 0 radical (unpaired) electrons. The van der Waals surface area contributed by atoms with Gasteiger partial charge in [0.1, 0.15) is 11.1 Å². The summed E-state index contributed by atoms with van der Waals surface area (Å²) >= 11 is 1.61. The van der Waals surface area contributed by atoms with E-state index in [2.05, 4.69) is 27.6 Å². The van der Waals surface area contributed by atoms with Crippen LogP contribution in [-0.2, 0) is 16.1 Å². The van der Waals surface area contributed by atoms with Crippen LogP contribution in [0, 0.1) is 5.92 Å². The third-order valence-electron chi connectivity index (χ3n) is 4.96. The number of nitrogens with zero attached hydrogens (tertiary/aromatic N) is 4. The molecule has 0 spiro atoms. The van der Waals surface area contributed by atoms with Crippen LogP contribution in [0.15, 0.2) is 10.4 Å². The van der Waals surface area contributed by atoms with E-state index in [1.807, 2.05) is 30.7 Å². The van der Waals surface area contributed by atoms with Crippen molar-refractivity contribution in [1.82, 2.24) is 20.1 Å². The number of rotatable bonds is 8. The smallest absolute Gasteiger partial charge is 0.224 e. The molecule has 2 heterocycles. The second kappa shape index (κ2) is 13.4. The first-order valence-corrected chi connectivity index (χ1v) is 11.1. The zero-order chi connectivity index (χ0) is 20.5. The molecule has 29 heavy (non-hydrogen) atoms. The lowest BCUT2D eigenvalue weighted by atomic mass is 10.00. The number of hydrogen-bond donors (Lipinski definition) is 1. The van der Waals surface area contributed by atoms with Gasteiger partial charge in [-0.3, -0.25) is 9.79 Å². The van der Waals surface area contributed by atoms with Gasteiger partial charge in [0.2, 0.25) is 5.91 Å². The van der Waals surface area contributed by atoms with Crippen molar-refractivity contribution in [3.05, 3.63) is 16.1 Å². The monoisotopic (exact) mass is 537 g/mol. The average molecular weight is 538 g/mol. The third kappa shape index (κ3) is 8.37. The van der Waals surface area contributed by atoms with E-state index in [9.17, 15) is 4.79 Å². The highest BCUT2D eigenvalue weighted by molar-refractivity contribution is 14.0. The summed E-state index contributed by atoms with van der Waals surface area (Å²) in [4.78, 5) is 25.8. The highest BCUT2D eigenvalue weighted by atomic mass is 127. The molecular weight excluding hydrogens is 501 g/mol. The van der Waals surface area contributed by atoms with Gasteiger partial charge in [0.25, 0.3) is 0 Å². The lowest BCUT2D eigenvalue weighted by molar-refractivity contribution is -0.132. The van der Waals surface area contributed by atoms with E-state index in [4.69, 9.17) is 4.74 Å². The van der Waals surface area contributed by atoms with Gasteiger partial charge in [-0.25, -0.2) is 4.98 Å². The molecule has 0 aliphatic carbocycles. The van der Waals surface area contributed by atoms with Crippen LogP contribution in [0.25, 0.3) is 0 Å². The van der Waals surface area contributed by atoms with Crippen molar-refractivity contribution in [2.75, 3.05) is 40.3 Å². The Bertz CT molecular complexity index is 655. The number of methoxy groups -OCH3 is 1. The Labute approximate surface area is 196 Å². The fourth-order valence-corrected chi connectivity index (χ4v) is 4.14. The van der Waals surface area contributed by atoms with Gasteiger partial charge in [-0.1, -0.05) is 6.92 Å². The van der Waals surface area contributed by atoms with Gasteiger partial charge >= 0.3 is 0 Å². The molecule has 1 fully saturated rings. The summed E-state index contributed by atoms with van der Waals surface area (Å²) in [5, 5.41) is 6.35. The van der Waals surface area contributed by atoms with Crippen molar-refractivity contribution in [3.8, 4) is 0 Å². The lowest BCUT2D eigenvalue weighted by Crippen LogP contribution is -2.40. The quantitative estimate of drug-likeness (QED) is 0.312. The Morgan fingerprint density at radius 2 is 2.31 bits per heavy atom. The number of hydrogen-bond acceptors (Lipinski definition) is 5. The average Bonchev–Trinajstić information content (AvgIpc) is 3.15. The number of thiazole rings is 1. The number of carbonyl (C=O) groups is 1. The van der Waals surface area contributed by atoms with Gasteiger partial charge < -0.3 is 19.9 Å². The highest BCUT2D eigenvalue weighted by Gasteiger charge is 2.20. The summed E-state index contributed by atoms with van der Waals surface area (Å²) in [7, 11) is 3.69. The summed E-state index contributed by atoms with van der Waals surface area (Å²) in [6.45, 7) is 9.98. The van der Waals surface area contributed by atoms with Gasteiger partial charge in [-0.2, -0.15) is 0 Å². The molecule has 1 aromatic rings. The zero-order valence-corrected chi connectivity index (χ0v) is 21.5. The maximum absolute atomic E-state index is 12.4. The Balaban J connectivity index is 0.00000420. The fourth-order valence-electron chi connectivity index (χ4n) is 3.30. The molecule has 1 saturated heterocycles. The van der Waals surface area contributed by atoms with Gasteiger partial charge in [0.05, 0.1) is 18.8 Å². The number of piperidine rings is 1. The Kier molecular flexibility index (Phi) is 12.0.